The van der Waals surface area contributed by atoms with E-state index in [1.807, 2.05) is 11.7 Å². The van der Waals surface area contributed by atoms with E-state index >= 15 is 0 Å². The highest BCUT2D eigenvalue weighted by Gasteiger charge is 2.27. The van der Waals surface area contributed by atoms with E-state index in [1.54, 1.807) is 0 Å². The fourth-order valence-electron chi connectivity index (χ4n) is 2.03. The van der Waals surface area contributed by atoms with Gasteiger partial charge >= 0.3 is 0 Å². The quantitative estimate of drug-likeness (QED) is 0.798. The molecule has 1 aromatic rings. The van der Waals surface area contributed by atoms with Gasteiger partial charge in [-0.3, -0.25) is 4.68 Å². The van der Waals surface area contributed by atoms with Crippen molar-refractivity contribution in [1.82, 2.24) is 9.78 Å². The van der Waals surface area contributed by atoms with Crippen LogP contribution in [0.2, 0.25) is 0 Å². The summed E-state index contributed by atoms with van der Waals surface area (Å²) in [5, 5.41) is 7.86. The third-order valence-electron chi connectivity index (χ3n) is 3.28. The van der Waals surface area contributed by atoms with E-state index in [-0.39, 0.29) is 0 Å². The van der Waals surface area contributed by atoms with Crippen LogP contribution < -0.4 is 5.32 Å². The van der Waals surface area contributed by atoms with Gasteiger partial charge in [0.1, 0.15) is 5.82 Å². The van der Waals surface area contributed by atoms with Crippen molar-refractivity contribution in [2.45, 2.75) is 39.2 Å². The topological polar surface area (TPSA) is 29.9 Å². The van der Waals surface area contributed by atoms with Crippen molar-refractivity contribution >= 4 is 5.82 Å². The zero-order valence-corrected chi connectivity index (χ0v) is 9.25. The summed E-state index contributed by atoms with van der Waals surface area (Å²) < 4.78 is 1.91. The van der Waals surface area contributed by atoms with E-state index in [9.17, 15) is 0 Å². The van der Waals surface area contributed by atoms with Gasteiger partial charge in [0.15, 0.2) is 0 Å². The molecule has 0 spiro atoms. The smallest absolute Gasteiger partial charge is 0.148 e. The van der Waals surface area contributed by atoms with Crippen LogP contribution in [0.3, 0.4) is 0 Å². The number of hydrogen-bond acceptors (Lipinski definition) is 2. The summed E-state index contributed by atoms with van der Waals surface area (Å²) in [5.74, 6) is 1.97. The van der Waals surface area contributed by atoms with Crippen molar-refractivity contribution in [1.29, 1.82) is 0 Å². The van der Waals surface area contributed by atoms with E-state index in [0.717, 1.165) is 11.7 Å². The zero-order chi connectivity index (χ0) is 10.1. The van der Waals surface area contributed by atoms with Gasteiger partial charge in [-0.1, -0.05) is 13.3 Å². The monoisotopic (exact) mass is 193 g/mol. The van der Waals surface area contributed by atoms with Crippen LogP contribution in [-0.4, -0.2) is 15.8 Å². The van der Waals surface area contributed by atoms with Gasteiger partial charge in [-0.2, -0.15) is 5.10 Å². The third kappa shape index (κ3) is 1.76. The Morgan fingerprint density at radius 3 is 2.79 bits per heavy atom. The molecule has 3 heteroatoms. The second kappa shape index (κ2) is 3.64. The molecule has 1 N–H and O–H groups in total. The lowest BCUT2D eigenvalue weighted by molar-refractivity contribution is 0.274. The van der Waals surface area contributed by atoms with Crippen molar-refractivity contribution in [3.8, 4) is 0 Å². The summed E-state index contributed by atoms with van der Waals surface area (Å²) in [6.07, 6.45) is 3.94. The van der Waals surface area contributed by atoms with Crippen LogP contribution in [0.5, 0.6) is 0 Å². The summed E-state index contributed by atoms with van der Waals surface area (Å²) in [7, 11) is 1.98. The Hall–Kier alpha value is -0.990. The summed E-state index contributed by atoms with van der Waals surface area (Å²) >= 11 is 0. The highest BCUT2D eigenvalue weighted by Crippen LogP contribution is 2.32. The molecule has 0 atom stereocenters. The van der Waals surface area contributed by atoms with E-state index in [1.165, 1.54) is 25.0 Å². The summed E-state index contributed by atoms with van der Waals surface area (Å²) in [6, 6.07) is 2.77. The molecule has 1 aromatic heterocycles. The molecule has 1 aliphatic rings. The fraction of sp³-hybridized carbons (Fsp3) is 0.727. The minimum atomic E-state index is 0.661. The van der Waals surface area contributed by atoms with Crippen LogP contribution in [0.25, 0.3) is 0 Å². The Morgan fingerprint density at radius 2 is 2.29 bits per heavy atom. The van der Waals surface area contributed by atoms with E-state index in [2.05, 4.69) is 30.3 Å². The SMILES string of the molecule is CCC1CC(Nc2cc(C)n(C)n2)C1. The molecule has 14 heavy (non-hydrogen) atoms. The predicted molar refractivity (Wildman–Crippen MR) is 58.4 cm³/mol. The summed E-state index contributed by atoms with van der Waals surface area (Å²) in [4.78, 5) is 0. The second-order valence-corrected chi connectivity index (χ2v) is 4.38. The molecule has 1 heterocycles. The Bertz CT molecular complexity index is 291. The highest BCUT2D eigenvalue weighted by molar-refractivity contribution is 5.37. The number of anilines is 1. The number of aryl methyl sites for hydroxylation is 2. The Kier molecular flexibility index (Phi) is 2.48. The molecular weight excluding hydrogens is 174 g/mol. The lowest BCUT2D eigenvalue weighted by atomic mass is 9.79. The molecule has 3 nitrogen and oxygen atoms in total. The largest absolute Gasteiger partial charge is 0.366 e. The lowest BCUT2D eigenvalue weighted by Gasteiger charge is -2.35. The minimum Gasteiger partial charge on any atom is -0.366 e. The van der Waals surface area contributed by atoms with Gasteiger partial charge in [0.05, 0.1) is 0 Å². The first-order chi connectivity index (χ1) is 6.69. The van der Waals surface area contributed by atoms with Crippen molar-refractivity contribution in [3.05, 3.63) is 11.8 Å². The summed E-state index contributed by atoms with van der Waals surface area (Å²) in [6.45, 7) is 4.35. The Balaban J connectivity index is 1.87. The first-order valence-electron chi connectivity index (χ1n) is 5.46. The first-order valence-corrected chi connectivity index (χ1v) is 5.46. The van der Waals surface area contributed by atoms with Crippen molar-refractivity contribution in [2.24, 2.45) is 13.0 Å². The van der Waals surface area contributed by atoms with Gasteiger partial charge in [0, 0.05) is 24.8 Å². The van der Waals surface area contributed by atoms with Crippen LogP contribution in [-0.2, 0) is 7.05 Å². The number of aromatic nitrogens is 2. The minimum absolute atomic E-state index is 0.661. The molecule has 0 bridgehead atoms. The molecule has 0 aromatic carbocycles. The van der Waals surface area contributed by atoms with E-state index < -0.39 is 0 Å². The van der Waals surface area contributed by atoms with E-state index in [0.29, 0.717) is 6.04 Å². The van der Waals surface area contributed by atoms with Gasteiger partial charge in [-0.25, -0.2) is 0 Å². The molecule has 78 valence electrons. The molecule has 1 aliphatic carbocycles. The molecule has 0 unspecified atom stereocenters. The Labute approximate surface area is 85.5 Å². The normalized spacial score (nSPS) is 25.9. The van der Waals surface area contributed by atoms with Crippen LogP contribution in [0.15, 0.2) is 6.07 Å². The highest BCUT2D eigenvalue weighted by atomic mass is 15.3. The van der Waals surface area contributed by atoms with Gasteiger partial charge in [-0.05, 0) is 25.7 Å². The maximum absolute atomic E-state index is 4.39. The molecule has 2 rings (SSSR count). The molecule has 0 aliphatic heterocycles. The third-order valence-corrected chi connectivity index (χ3v) is 3.28. The van der Waals surface area contributed by atoms with E-state index in [4.69, 9.17) is 0 Å². The van der Waals surface area contributed by atoms with Crippen molar-refractivity contribution in [2.75, 3.05) is 5.32 Å². The lowest BCUT2D eigenvalue weighted by Crippen LogP contribution is -2.35. The average Bonchev–Trinajstić information content (AvgIpc) is 2.38. The van der Waals surface area contributed by atoms with Gasteiger partial charge < -0.3 is 5.32 Å². The van der Waals surface area contributed by atoms with Crippen molar-refractivity contribution in [3.63, 3.8) is 0 Å². The molecule has 0 amide bonds. The predicted octanol–water partition coefficient (Wildman–Crippen LogP) is 2.33. The first kappa shape index (κ1) is 9.56. The van der Waals surface area contributed by atoms with Crippen LogP contribution >= 0.6 is 0 Å². The van der Waals surface area contributed by atoms with Crippen molar-refractivity contribution < 1.29 is 0 Å². The average molecular weight is 193 g/mol. The van der Waals surface area contributed by atoms with Gasteiger partial charge in [0.25, 0.3) is 0 Å². The molecule has 0 saturated heterocycles. The maximum atomic E-state index is 4.39. The molecule has 0 radical (unpaired) electrons. The molecule has 1 fully saturated rings. The number of rotatable bonds is 3. The van der Waals surface area contributed by atoms with Gasteiger partial charge in [0.2, 0.25) is 0 Å². The Morgan fingerprint density at radius 1 is 1.57 bits per heavy atom. The van der Waals surface area contributed by atoms with Crippen LogP contribution in [0, 0.1) is 12.8 Å². The molecular formula is C11H19N3. The van der Waals surface area contributed by atoms with Crippen LogP contribution in [0.4, 0.5) is 5.82 Å². The number of nitrogens with one attached hydrogen (secondary N) is 1. The number of hydrogen-bond donors (Lipinski definition) is 1. The van der Waals surface area contributed by atoms with Gasteiger partial charge in [-0.15, -0.1) is 0 Å². The van der Waals surface area contributed by atoms with Crippen LogP contribution in [0.1, 0.15) is 31.9 Å². The summed E-state index contributed by atoms with van der Waals surface area (Å²) in [5.41, 5.74) is 1.21. The second-order valence-electron chi connectivity index (χ2n) is 4.38. The molecule has 1 saturated carbocycles. The number of nitrogens with zero attached hydrogens (tertiary/aromatic N) is 2. The zero-order valence-electron chi connectivity index (χ0n) is 9.25. The maximum Gasteiger partial charge on any atom is 0.148 e. The fourth-order valence-corrected chi connectivity index (χ4v) is 2.03. The standard InChI is InChI=1S/C11H19N3/c1-4-9-6-10(7-9)12-11-5-8(2)14(3)13-11/h5,9-10H,4,6-7H2,1-3H3,(H,12,13).